The smallest absolute Gasteiger partial charge is 0.307 e. The van der Waals surface area contributed by atoms with Crippen LogP contribution in [0.4, 0.5) is 0 Å². The van der Waals surface area contributed by atoms with Crippen molar-refractivity contribution >= 4 is 16.9 Å². The van der Waals surface area contributed by atoms with Crippen molar-refractivity contribution in [2.75, 3.05) is 21.3 Å². The maximum absolute atomic E-state index is 11.6. The molecule has 0 amide bonds. The van der Waals surface area contributed by atoms with Crippen LogP contribution < -0.4 is 14.2 Å². The van der Waals surface area contributed by atoms with Crippen molar-refractivity contribution < 1.29 is 24.1 Å². The van der Waals surface area contributed by atoms with E-state index in [-0.39, 0.29) is 6.42 Å². The predicted octanol–water partition coefficient (Wildman–Crippen LogP) is 4.61. The fourth-order valence-corrected chi connectivity index (χ4v) is 3.49. The molecule has 148 valence electrons. The van der Waals surface area contributed by atoms with Crippen LogP contribution in [0.3, 0.4) is 0 Å². The number of benzene rings is 2. The molecule has 6 nitrogen and oxygen atoms in total. The summed E-state index contributed by atoms with van der Waals surface area (Å²) in [6.45, 7) is 4.23. The standard InChI is InChI=1S/C22H25NO5/c1-12(2)13-6-8-17-15(10-13)16(11-19(24)25)20(23-17)14-7-9-18(26-3)22(28-5)21(14)27-4/h6-10,12,23H,11H2,1-5H3,(H,24,25). The molecule has 6 heteroatoms. The number of carboxylic acids is 1. The molecule has 0 fully saturated rings. The molecule has 2 N–H and O–H groups in total. The Morgan fingerprint density at radius 2 is 1.75 bits per heavy atom. The number of ether oxygens (including phenoxy) is 3. The molecule has 0 saturated carbocycles. The molecule has 0 aliphatic heterocycles. The third-order valence-electron chi connectivity index (χ3n) is 4.90. The van der Waals surface area contributed by atoms with Gasteiger partial charge in [0.25, 0.3) is 0 Å². The van der Waals surface area contributed by atoms with Crippen molar-refractivity contribution in [1.29, 1.82) is 0 Å². The van der Waals surface area contributed by atoms with E-state index in [4.69, 9.17) is 14.2 Å². The van der Waals surface area contributed by atoms with Gasteiger partial charge in [-0.2, -0.15) is 0 Å². The second kappa shape index (κ2) is 7.84. The average molecular weight is 383 g/mol. The predicted molar refractivity (Wildman–Crippen MR) is 109 cm³/mol. The third-order valence-corrected chi connectivity index (χ3v) is 4.90. The molecule has 1 heterocycles. The molecule has 1 aromatic heterocycles. The van der Waals surface area contributed by atoms with E-state index in [9.17, 15) is 9.90 Å². The highest BCUT2D eigenvalue weighted by Gasteiger charge is 2.23. The van der Waals surface area contributed by atoms with Gasteiger partial charge in [0.05, 0.1) is 33.4 Å². The zero-order chi connectivity index (χ0) is 20.4. The molecule has 3 rings (SSSR count). The number of aliphatic carboxylic acids is 1. The molecule has 0 unspecified atom stereocenters. The fraction of sp³-hybridized carbons (Fsp3) is 0.318. The Morgan fingerprint density at radius 1 is 1.04 bits per heavy atom. The maximum Gasteiger partial charge on any atom is 0.307 e. The molecule has 0 aliphatic rings. The zero-order valence-corrected chi connectivity index (χ0v) is 16.8. The minimum atomic E-state index is -0.892. The van der Waals surface area contributed by atoms with Crippen molar-refractivity contribution in [1.82, 2.24) is 4.98 Å². The lowest BCUT2D eigenvalue weighted by molar-refractivity contribution is -0.136. The highest BCUT2D eigenvalue weighted by molar-refractivity contribution is 5.95. The minimum absolute atomic E-state index is 0.103. The van der Waals surface area contributed by atoms with E-state index in [1.54, 1.807) is 27.4 Å². The van der Waals surface area contributed by atoms with E-state index >= 15 is 0 Å². The van der Waals surface area contributed by atoms with Crippen molar-refractivity contribution in [2.45, 2.75) is 26.2 Å². The molecule has 0 spiro atoms. The van der Waals surface area contributed by atoms with Crippen LogP contribution in [0.2, 0.25) is 0 Å². The van der Waals surface area contributed by atoms with Gasteiger partial charge < -0.3 is 24.3 Å². The first-order valence-electron chi connectivity index (χ1n) is 9.06. The SMILES string of the molecule is COc1ccc(-c2[nH]c3ccc(C(C)C)cc3c2CC(=O)O)c(OC)c1OC. The number of nitrogens with one attached hydrogen (secondary N) is 1. The molecule has 28 heavy (non-hydrogen) atoms. The largest absolute Gasteiger partial charge is 0.493 e. The van der Waals surface area contributed by atoms with Gasteiger partial charge in [-0.05, 0) is 41.3 Å². The first kappa shape index (κ1) is 19.6. The third kappa shape index (κ3) is 3.38. The van der Waals surface area contributed by atoms with Crippen LogP contribution in [0.15, 0.2) is 30.3 Å². The highest BCUT2D eigenvalue weighted by atomic mass is 16.5. The number of H-pyrrole nitrogens is 1. The number of hydrogen-bond donors (Lipinski definition) is 2. The van der Waals surface area contributed by atoms with Crippen molar-refractivity contribution in [3.05, 3.63) is 41.5 Å². The number of aromatic nitrogens is 1. The van der Waals surface area contributed by atoms with E-state index < -0.39 is 5.97 Å². The molecule has 0 radical (unpaired) electrons. The molecular weight excluding hydrogens is 358 g/mol. The van der Waals surface area contributed by atoms with Gasteiger partial charge in [0.2, 0.25) is 5.75 Å². The molecule has 3 aromatic rings. The van der Waals surface area contributed by atoms with Crippen LogP contribution >= 0.6 is 0 Å². The number of fused-ring (bicyclic) bond motifs is 1. The van der Waals surface area contributed by atoms with E-state index in [1.807, 2.05) is 12.1 Å². The second-order valence-corrected chi connectivity index (χ2v) is 6.89. The zero-order valence-electron chi connectivity index (χ0n) is 16.8. The highest BCUT2D eigenvalue weighted by Crippen LogP contribution is 2.46. The normalized spacial score (nSPS) is 11.1. The Bertz CT molecular complexity index is 1020. The summed E-state index contributed by atoms with van der Waals surface area (Å²) >= 11 is 0. The number of carbonyl (C=O) groups is 1. The number of rotatable bonds is 7. The van der Waals surface area contributed by atoms with Gasteiger partial charge in [0, 0.05) is 16.5 Å². The topological polar surface area (TPSA) is 80.8 Å². The Balaban J connectivity index is 2.32. The van der Waals surface area contributed by atoms with Gasteiger partial charge in [-0.15, -0.1) is 0 Å². The van der Waals surface area contributed by atoms with Crippen molar-refractivity contribution in [3.8, 4) is 28.5 Å². The van der Waals surface area contributed by atoms with E-state index in [0.717, 1.165) is 27.6 Å². The maximum atomic E-state index is 11.6. The van der Waals surface area contributed by atoms with Gasteiger partial charge >= 0.3 is 5.97 Å². The summed E-state index contributed by atoms with van der Waals surface area (Å²) in [4.78, 5) is 15.0. The van der Waals surface area contributed by atoms with Crippen LogP contribution in [0.1, 0.15) is 30.9 Å². The summed E-state index contributed by atoms with van der Waals surface area (Å²) in [6.07, 6.45) is -0.103. The molecule has 2 aromatic carbocycles. The lowest BCUT2D eigenvalue weighted by Gasteiger charge is -2.16. The summed E-state index contributed by atoms with van der Waals surface area (Å²) in [5.74, 6) is 0.947. The number of aromatic amines is 1. The Kier molecular flexibility index (Phi) is 5.49. The summed E-state index contributed by atoms with van der Waals surface area (Å²) in [5, 5.41) is 10.4. The summed E-state index contributed by atoms with van der Waals surface area (Å²) < 4.78 is 16.5. The molecule has 0 atom stereocenters. The van der Waals surface area contributed by atoms with Crippen molar-refractivity contribution in [3.63, 3.8) is 0 Å². The van der Waals surface area contributed by atoms with Gasteiger partial charge in [-0.3, -0.25) is 4.79 Å². The van der Waals surface area contributed by atoms with Crippen LogP contribution in [-0.4, -0.2) is 37.4 Å². The monoisotopic (exact) mass is 383 g/mol. The summed E-state index contributed by atoms with van der Waals surface area (Å²) in [6, 6.07) is 9.74. The Morgan fingerprint density at radius 3 is 2.32 bits per heavy atom. The van der Waals surface area contributed by atoms with Crippen LogP contribution in [-0.2, 0) is 11.2 Å². The van der Waals surface area contributed by atoms with Crippen molar-refractivity contribution in [2.24, 2.45) is 0 Å². The lowest BCUT2D eigenvalue weighted by atomic mass is 9.97. The number of carboxylic acid groups (broad SMARTS) is 1. The summed E-state index contributed by atoms with van der Waals surface area (Å²) in [5.41, 5.74) is 4.18. The van der Waals surface area contributed by atoms with Crippen LogP contribution in [0.5, 0.6) is 17.2 Å². The number of methoxy groups -OCH3 is 3. The fourth-order valence-electron chi connectivity index (χ4n) is 3.49. The second-order valence-electron chi connectivity index (χ2n) is 6.89. The van der Waals surface area contributed by atoms with Crippen LogP contribution in [0.25, 0.3) is 22.2 Å². The molecule has 0 saturated heterocycles. The summed E-state index contributed by atoms with van der Waals surface area (Å²) in [7, 11) is 4.66. The first-order valence-corrected chi connectivity index (χ1v) is 9.06. The van der Waals surface area contributed by atoms with Gasteiger partial charge in [0.15, 0.2) is 11.5 Å². The Hall–Kier alpha value is -3.15. The molecule has 0 aliphatic carbocycles. The Labute approximate surface area is 164 Å². The van der Waals surface area contributed by atoms with Gasteiger partial charge in [-0.25, -0.2) is 0 Å². The molecular formula is C22H25NO5. The van der Waals surface area contributed by atoms with Gasteiger partial charge in [-0.1, -0.05) is 19.9 Å². The van der Waals surface area contributed by atoms with Gasteiger partial charge in [0.1, 0.15) is 0 Å². The number of hydrogen-bond acceptors (Lipinski definition) is 4. The van der Waals surface area contributed by atoms with E-state index in [1.165, 1.54) is 0 Å². The average Bonchev–Trinajstić information content (AvgIpc) is 3.03. The minimum Gasteiger partial charge on any atom is -0.493 e. The lowest BCUT2D eigenvalue weighted by Crippen LogP contribution is -2.02. The van der Waals surface area contributed by atoms with E-state index in [2.05, 4.69) is 31.0 Å². The quantitative estimate of drug-likeness (QED) is 0.623. The first-order chi connectivity index (χ1) is 13.4. The molecule has 0 bridgehead atoms. The van der Waals surface area contributed by atoms with E-state index in [0.29, 0.717) is 28.9 Å². The van der Waals surface area contributed by atoms with Crippen LogP contribution in [0, 0.1) is 0 Å².